The Labute approximate surface area is 387 Å². The molecule has 6 nitrogen and oxygen atoms in total. The van der Waals surface area contributed by atoms with Gasteiger partial charge in [-0.15, -0.1) is 0 Å². The number of aliphatic hydroxyl groups excluding tert-OH is 2. The molecule has 0 rings (SSSR count). The van der Waals surface area contributed by atoms with Crippen LogP contribution in [-0.2, 0) is 14.3 Å². The first-order valence-corrected chi connectivity index (χ1v) is 27.9. The molecule has 0 aliphatic carbocycles. The maximum Gasteiger partial charge on any atom is 0.305 e. The molecule has 6 heteroatoms. The van der Waals surface area contributed by atoms with Crippen LogP contribution in [0.3, 0.4) is 0 Å². The molecule has 1 amide bonds. The van der Waals surface area contributed by atoms with Crippen LogP contribution in [0.1, 0.15) is 309 Å². The highest BCUT2D eigenvalue weighted by atomic mass is 16.5. The second-order valence-electron chi connectivity index (χ2n) is 19.3. The van der Waals surface area contributed by atoms with Gasteiger partial charge in [0.1, 0.15) is 0 Å². The van der Waals surface area contributed by atoms with Crippen molar-refractivity contribution in [2.24, 2.45) is 0 Å². The molecule has 0 aromatic heterocycles. The molecule has 368 valence electrons. The zero-order valence-electron chi connectivity index (χ0n) is 41.9. The van der Waals surface area contributed by atoms with Crippen molar-refractivity contribution in [3.05, 3.63) is 12.2 Å². The molecule has 0 heterocycles. The number of aliphatic hydroxyl groups is 2. The van der Waals surface area contributed by atoms with Crippen molar-refractivity contribution in [3.63, 3.8) is 0 Å². The number of hydrogen-bond acceptors (Lipinski definition) is 5. The SMILES string of the molecule is CCCCCCCCCCCCCCCCCCCCC(O)C(CO)NC(=O)CCCCCCC/C=C\CCCCOC(=O)CCCCCCCCCCCCCCCCCC. The summed E-state index contributed by atoms with van der Waals surface area (Å²) in [7, 11) is 0. The number of unbranched alkanes of at least 4 members (excludes halogenated alkanes) is 39. The first-order valence-electron chi connectivity index (χ1n) is 27.9. The Balaban J connectivity index is 3.49. The normalized spacial score (nSPS) is 12.6. The summed E-state index contributed by atoms with van der Waals surface area (Å²) in [5.74, 6) is -0.0881. The van der Waals surface area contributed by atoms with Crippen LogP contribution in [0.15, 0.2) is 12.2 Å². The zero-order chi connectivity index (χ0) is 45.1. The topological polar surface area (TPSA) is 95.9 Å². The smallest absolute Gasteiger partial charge is 0.305 e. The quantitative estimate of drug-likeness (QED) is 0.0321. The van der Waals surface area contributed by atoms with E-state index >= 15 is 0 Å². The Kier molecular flexibility index (Phi) is 51.0. The summed E-state index contributed by atoms with van der Waals surface area (Å²) in [5.41, 5.74) is 0. The molecular formula is C56H109NO5. The van der Waals surface area contributed by atoms with E-state index in [2.05, 4.69) is 31.3 Å². The van der Waals surface area contributed by atoms with Gasteiger partial charge in [0.15, 0.2) is 0 Å². The number of nitrogens with one attached hydrogen (secondary N) is 1. The highest BCUT2D eigenvalue weighted by Crippen LogP contribution is 2.17. The fraction of sp³-hybridized carbons (Fsp3) is 0.929. The minimum Gasteiger partial charge on any atom is -0.466 e. The van der Waals surface area contributed by atoms with Crippen LogP contribution < -0.4 is 5.32 Å². The summed E-state index contributed by atoms with van der Waals surface area (Å²) in [4.78, 5) is 24.5. The third kappa shape index (κ3) is 48.1. The van der Waals surface area contributed by atoms with E-state index in [1.807, 2.05) is 0 Å². The average Bonchev–Trinajstić information content (AvgIpc) is 3.27. The standard InChI is InChI=1S/C56H109NO5/c1-3-5-7-9-11-13-15-17-19-21-22-23-25-28-32-36-40-44-48-54(59)53(52-58)57-55(60)49-45-41-37-33-29-27-31-35-39-43-47-51-62-56(61)50-46-42-38-34-30-26-24-20-18-16-14-12-10-8-6-4-2/h31,35,53-54,58-59H,3-30,32-34,36-52H2,1-2H3,(H,57,60)/b35-31-. The minimum absolute atomic E-state index is 0.0270. The highest BCUT2D eigenvalue weighted by molar-refractivity contribution is 5.76. The molecule has 3 N–H and O–H groups in total. The molecule has 0 saturated carbocycles. The lowest BCUT2D eigenvalue weighted by Gasteiger charge is -2.22. The molecule has 0 aromatic carbocycles. The van der Waals surface area contributed by atoms with Crippen LogP contribution in [0.25, 0.3) is 0 Å². The molecule has 0 fully saturated rings. The van der Waals surface area contributed by atoms with Crippen LogP contribution in [0.4, 0.5) is 0 Å². The second-order valence-corrected chi connectivity index (χ2v) is 19.3. The van der Waals surface area contributed by atoms with Crippen molar-refractivity contribution >= 4 is 11.9 Å². The van der Waals surface area contributed by atoms with Crippen molar-refractivity contribution in [3.8, 4) is 0 Å². The Bertz CT molecular complexity index is 924. The molecule has 0 aliphatic rings. The van der Waals surface area contributed by atoms with Gasteiger partial charge in [-0.1, -0.05) is 257 Å². The summed E-state index contributed by atoms with van der Waals surface area (Å²) in [6, 6.07) is -0.562. The third-order valence-electron chi connectivity index (χ3n) is 13.1. The van der Waals surface area contributed by atoms with E-state index < -0.39 is 12.1 Å². The summed E-state index contributed by atoms with van der Waals surface area (Å²) in [6.07, 6.45) is 60.5. The number of ether oxygens (including phenoxy) is 1. The lowest BCUT2D eigenvalue weighted by Crippen LogP contribution is -2.45. The van der Waals surface area contributed by atoms with Crippen LogP contribution in [0.5, 0.6) is 0 Å². The Morgan fingerprint density at radius 2 is 0.758 bits per heavy atom. The molecule has 0 aromatic rings. The largest absolute Gasteiger partial charge is 0.466 e. The number of rotatable bonds is 52. The first kappa shape index (κ1) is 60.6. The maximum atomic E-state index is 12.5. The number of amides is 1. The van der Waals surface area contributed by atoms with Crippen LogP contribution >= 0.6 is 0 Å². The number of allylic oxidation sites excluding steroid dienone is 2. The van der Waals surface area contributed by atoms with Crippen LogP contribution in [-0.4, -0.2) is 47.4 Å². The number of hydrogen-bond donors (Lipinski definition) is 3. The molecule has 0 radical (unpaired) electrons. The van der Waals surface area contributed by atoms with Gasteiger partial charge in [0.25, 0.3) is 0 Å². The molecule has 0 aliphatic heterocycles. The fourth-order valence-electron chi connectivity index (χ4n) is 8.75. The van der Waals surface area contributed by atoms with Crippen molar-refractivity contribution in [1.82, 2.24) is 5.32 Å². The monoisotopic (exact) mass is 876 g/mol. The predicted octanol–water partition coefficient (Wildman–Crippen LogP) is 16.9. The van der Waals surface area contributed by atoms with Gasteiger partial charge in [0.05, 0.1) is 25.4 Å². The zero-order valence-corrected chi connectivity index (χ0v) is 41.9. The summed E-state index contributed by atoms with van der Waals surface area (Å²) < 4.78 is 5.45. The van der Waals surface area contributed by atoms with Gasteiger partial charge < -0.3 is 20.3 Å². The van der Waals surface area contributed by atoms with Gasteiger partial charge in [-0.05, 0) is 51.4 Å². The van der Waals surface area contributed by atoms with Gasteiger partial charge in [-0.25, -0.2) is 0 Å². The number of esters is 1. The Morgan fingerprint density at radius 3 is 1.15 bits per heavy atom. The van der Waals surface area contributed by atoms with Crippen molar-refractivity contribution in [2.45, 2.75) is 321 Å². The predicted molar refractivity (Wildman–Crippen MR) is 269 cm³/mol. The van der Waals surface area contributed by atoms with Crippen molar-refractivity contribution < 1.29 is 24.5 Å². The molecular weight excluding hydrogens is 767 g/mol. The van der Waals surface area contributed by atoms with Gasteiger partial charge in [0.2, 0.25) is 5.91 Å². The minimum atomic E-state index is -0.682. The molecule has 0 spiro atoms. The molecule has 62 heavy (non-hydrogen) atoms. The summed E-state index contributed by atoms with van der Waals surface area (Å²) in [6.45, 7) is 4.90. The van der Waals surface area contributed by atoms with Crippen LogP contribution in [0, 0.1) is 0 Å². The molecule has 2 atom stereocenters. The van der Waals surface area contributed by atoms with Crippen molar-refractivity contribution in [1.29, 1.82) is 0 Å². The maximum absolute atomic E-state index is 12.5. The molecule has 0 bridgehead atoms. The van der Waals surface area contributed by atoms with E-state index in [4.69, 9.17) is 4.74 Å². The van der Waals surface area contributed by atoms with Gasteiger partial charge in [-0.2, -0.15) is 0 Å². The van der Waals surface area contributed by atoms with E-state index in [0.29, 0.717) is 25.9 Å². The van der Waals surface area contributed by atoms with E-state index in [9.17, 15) is 19.8 Å². The Morgan fingerprint density at radius 1 is 0.435 bits per heavy atom. The lowest BCUT2D eigenvalue weighted by molar-refractivity contribution is -0.143. The number of carbonyl (C=O) groups is 2. The lowest BCUT2D eigenvalue weighted by atomic mass is 10.0. The fourth-order valence-corrected chi connectivity index (χ4v) is 8.75. The summed E-state index contributed by atoms with van der Waals surface area (Å²) >= 11 is 0. The average molecular weight is 876 g/mol. The molecule has 0 saturated heterocycles. The van der Waals surface area contributed by atoms with Gasteiger partial charge in [0, 0.05) is 12.8 Å². The first-order chi connectivity index (χ1) is 30.5. The van der Waals surface area contributed by atoms with Gasteiger partial charge in [-0.3, -0.25) is 9.59 Å². The van der Waals surface area contributed by atoms with E-state index in [1.54, 1.807) is 0 Å². The molecule has 2 unspecified atom stereocenters. The highest BCUT2D eigenvalue weighted by Gasteiger charge is 2.20. The van der Waals surface area contributed by atoms with Crippen molar-refractivity contribution in [2.75, 3.05) is 13.2 Å². The summed E-state index contributed by atoms with van der Waals surface area (Å²) in [5, 5.41) is 23.3. The van der Waals surface area contributed by atoms with E-state index in [0.717, 1.165) is 77.0 Å². The third-order valence-corrected chi connectivity index (χ3v) is 13.1. The van der Waals surface area contributed by atoms with Crippen LogP contribution in [0.2, 0.25) is 0 Å². The van der Waals surface area contributed by atoms with E-state index in [1.165, 1.54) is 199 Å². The second kappa shape index (κ2) is 52.2. The van der Waals surface area contributed by atoms with E-state index in [-0.39, 0.29) is 18.5 Å². The van der Waals surface area contributed by atoms with Gasteiger partial charge >= 0.3 is 5.97 Å². The Hall–Kier alpha value is -1.40. The number of carbonyl (C=O) groups excluding carboxylic acids is 2.